The fourth-order valence-electron chi connectivity index (χ4n) is 1.36. The monoisotopic (exact) mass is 240 g/mol. The number of benzene rings is 1. The quantitative estimate of drug-likeness (QED) is 0.876. The van der Waals surface area contributed by atoms with Gasteiger partial charge in [-0.1, -0.05) is 0 Å². The van der Waals surface area contributed by atoms with Gasteiger partial charge in [0.05, 0.1) is 11.4 Å². The third kappa shape index (κ3) is 2.52. The number of aromatic nitrogens is 2. The molecule has 1 aromatic carbocycles. The lowest BCUT2D eigenvalue weighted by Gasteiger charge is -2.03. The Hall–Kier alpha value is -2.11. The van der Waals surface area contributed by atoms with Crippen molar-refractivity contribution in [1.82, 2.24) is 9.97 Å². The molecule has 0 spiro atoms. The van der Waals surface area contributed by atoms with Crippen molar-refractivity contribution < 1.29 is 13.2 Å². The number of nitrogens with zero attached hydrogens (tertiary/aromatic N) is 1. The molecule has 0 aliphatic heterocycles. The summed E-state index contributed by atoms with van der Waals surface area (Å²) in [7, 11) is 0. The molecule has 0 atom stereocenters. The smallest absolute Gasteiger partial charge is 0.304 e. The van der Waals surface area contributed by atoms with Crippen LogP contribution in [-0.2, 0) is 0 Å². The molecule has 3 nitrogen and oxygen atoms in total. The second kappa shape index (κ2) is 4.40. The Morgan fingerprint density at radius 1 is 1.18 bits per heavy atom. The van der Waals surface area contributed by atoms with E-state index in [1.54, 1.807) is 0 Å². The van der Waals surface area contributed by atoms with Crippen LogP contribution in [-0.4, -0.2) is 9.97 Å². The van der Waals surface area contributed by atoms with Gasteiger partial charge in [-0.05, 0) is 30.3 Å². The van der Waals surface area contributed by atoms with Gasteiger partial charge < -0.3 is 4.98 Å². The number of hydrogen-bond acceptors (Lipinski definition) is 2. The number of halogens is 3. The predicted octanol–water partition coefficient (Wildman–Crippen LogP) is 2.51. The lowest BCUT2D eigenvalue weighted by molar-refractivity contribution is 0.145. The molecule has 1 N–H and O–H groups in total. The van der Waals surface area contributed by atoms with E-state index in [1.807, 2.05) is 4.98 Å². The van der Waals surface area contributed by atoms with Crippen molar-refractivity contribution >= 4 is 0 Å². The molecule has 0 fully saturated rings. The molecule has 88 valence electrons. The second-order valence-corrected chi connectivity index (χ2v) is 3.33. The van der Waals surface area contributed by atoms with Crippen LogP contribution in [0, 0.1) is 5.82 Å². The van der Waals surface area contributed by atoms with Gasteiger partial charge in [-0.25, -0.2) is 18.0 Å². The average Bonchev–Trinajstić information content (AvgIpc) is 2.29. The Kier molecular flexibility index (Phi) is 2.95. The zero-order valence-electron chi connectivity index (χ0n) is 8.45. The fourth-order valence-corrected chi connectivity index (χ4v) is 1.36. The van der Waals surface area contributed by atoms with E-state index in [4.69, 9.17) is 0 Å². The molecular weight excluding hydrogens is 233 g/mol. The van der Waals surface area contributed by atoms with Crippen LogP contribution in [0.4, 0.5) is 13.2 Å². The van der Waals surface area contributed by atoms with Gasteiger partial charge in [0.15, 0.2) is 0 Å². The normalized spacial score (nSPS) is 10.8. The molecule has 0 bridgehead atoms. The van der Waals surface area contributed by atoms with Crippen molar-refractivity contribution in [1.29, 1.82) is 0 Å². The van der Waals surface area contributed by atoms with E-state index >= 15 is 0 Å². The minimum atomic E-state index is -2.79. The van der Waals surface area contributed by atoms with E-state index in [9.17, 15) is 18.0 Å². The third-order valence-corrected chi connectivity index (χ3v) is 2.14. The molecule has 1 aromatic heterocycles. The number of rotatable bonds is 2. The van der Waals surface area contributed by atoms with E-state index in [0.717, 1.165) is 6.07 Å². The fraction of sp³-hybridized carbons (Fsp3) is 0.0909. The maximum Gasteiger partial charge on any atom is 0.345 e. The third-order valence-electron chi connectivity index (χ3n) is 2.14. The van der Waals surface area contributed by atoms with Crippen molar-refractivity contribution in [2.24, 2.45) is 0 Å². The lowest BCUT2D eigenvalue weighted by Crippen LogP contribution is -2.13. The minimum Gasteiger partial charge on any atom is -0.304 e. The van der Waals surface area contributed by atoms with Crippen molar-refractivity contribution in [2.75, 3.05) is 0 Å². The summed E-state index contributed by atoms with van der Waals surface area (Å²) in [5.41, 5.74) is -0.880. The summed E-state index contributed by atoms with van der Waals surface area (Å²) in [6, 6.07) is 6.14. The second-order valence-electron chi connectivity index (χ2n) is 3.33. The average molecular weight is 240 g/mol. The Labute approximate surface area is 94.0 Å². The van der Waals surface area contributed by atoms with Gasteiger partial charge in [0.25, 0.3) is 6.43 Å². The van der Waals surface area contributed by atoms with Gasteiger partial charge >= 0.3 is 5.69 Å². The van der Waals surface area contributed by atoms with Gasteiger partial charge in [0, 0.05) is 5.56 Å². The SMILES string of the molecule is O=c1nc(-c2ccc(F)cc2)cc(C(F)F)[nH]1. The van der Waals surface area contributed by atoms with Crippen molar-refractivity contribution in [3.05, 3.63) is 52.3 Å². The van der Waals surface area contributed by atoms with Crippen LogP contribution in [0.15, 0.2) is 35.1 Å². The molecule has 0 saturated heterocycles. The summed E-state index contributed by atoms with van der Waals surface area (Å²) in [6.07, 6.45) is -2.79. The van der Waals surface area contributed by atoms with E-state index in [0.29, 0.717) is 5.56 Å². The Morgan fingerprint density at radius 2 is 1.82 bits per heavy atom. The zero-order chi connectivity index (χ0) is 12.4. The highest BCUT2D eigenvalue weighted by atomic mass is 19.3. The molecule has 2 aromatic rings. The van der Waals surface area contributed by atoms with E-state index in [2.05, 4.69) is 4.98 Å². The van der Waals surface area contributed by atoms with Crippen LogP contribution in [0.2, 0.25) is 0 Å². The van der Waals surface area contributed by atoms with Crippen LogP contribution in [0.3, 0.4) is 0 Å². The highest BCUT2D eigenvalue weighted by Crippen LogP contribution is 2.21. The van der Waals surface area contributed by atoms with Crippen LogP contribution in [0.5, 0.6) is 0 Å². The van der Waals surface area contributed by atoms with E-state index in [1.165, 1.54) is 24.3 Å². The maximum atomic E-state index is 12.7. The first-order valence-corrected chi connectivity index (χ1v) is 4.71. The first-order chi connectivity index (χ1) is 8.06. The van der Waals surface area contributed by atoms with Gasteiger partial charge in [0.1, 0.15) is 5.82 Å². The molecule has 17 heavy (non-hydrogen) atoms. The highest BCUT2D eigenvalue weighted by molar-refractivity contribution is 5.58. The lowest BCUT2D eigenvalue weighted by atomic mass is 10.1. The Bertz CT molecular complexity index is 578. The van der Waals surface area contributed by atoms with Gasteiger partial charge in [-0.15, -0.1) is 0 Å². The highest BCUT2D eigenvalue weighted by Gasteiger charge is 2.11. The van der Waals surface area contributed by atoms with Crippen LogP contribution < -0.4 is 5.69 Å². The molecule has 1 heterocycles. The summed E-state index contributed by atoms with van der Waals surface area (Å²) in [5.74, 6) is -0.451. The van der Waals surface area contributed by atoms with E-state index in [-0.39, 0.29) is 5.69 Å². The predicted molar refractivity (Wildman–Crippen MR) is 55.2 cm³/mol. The summed E-state index contributed by atoms with van der Waals surface area (Å²) >= 11 is 0. The van der Waals surface area contributed by atoms with Crippen molar-refractivity contribution in [2.45, 2.75) is 6.43 Å². The van der Waals surface area contributed by atoms with Crippen LogP contribution in [0.1, 0.15) is 12.1 Å². The van der Waals surface area contributed by atoms with E-state index < -0.39 is 23.6 Å². The maximum absolute atomic E-state index is 12.7. The van der Waals surface area contributed by atoms with Gasteiger partial charge in [-0.3, -0.25) is 0 Å². The summed E-state index contributed by atoms with van der Waals surface area (Å²) in [6.45, 7) is 0. The zero-order valence-corrected chi connectivity index (χ0v) is 8.45. The number of nitrogens with one attached hydrogen (secondary N) is 1. The molecule has 0 unspecified atom stereocenters. The molecule has 6 heteroatoms. The topological polar surface area (TPSA) is 45.8 Å². The standard InChI is InChI=1S/C11H7F3N2O/c12-7-3-1-6(2-4-7)8-5-9(10(13)14)16-11(17)15-8/h1-5,10H,(H,15,16,17). The first-order valence-electron chi connectivity index (χ1n) is 4.71. The summed E-state index contributed by atoms with van der Waals surface area (Å²) in [4.78, 5) is 16.6. The first kappa shape index (κ1) is 11.4. The number of alkyl halides is 2. The summed E-state index contributed by atoms with van der Waals surface area (Å²) in [5, 5.41) is 0. The van der Waals surface area contributed by atoms with Crippen LogP contribution >= 0.6 is 0 Å². The molecule has 2 rings (SSSR count). The van der Waals surface area contributed by atoms with Gasteiger partial charge in [-0.2, -0.15) is 4.98 Å². The number of H-pyrrole nitrogens is 1. The molecular formula is C11H7F3N2O. The molecule has 0 radical (unpaired) electrons. The van der Waals surface area contributed by atoms with Crippen molar-refractivity contribution in [3.63, 3.8) is 0 Å². The molecule has 0 amide bonds. The molecule has 0 aliphatic rings. The Balaban J connectivity index is 2.52. The van der Waals surface area contributed by atoms with Crippen molar-refractivity contribution in [3.8, 4) is 11.3 Å². The number of hydrogen-bond donors (Lipinski definition) is 1. The molecule has 0 aliphatic carbocycles. The summed E-state index contributed by atoms with van der Waals surface area (Å²) < 4.78 is 37.6. The Morgan fingerprint density at radius 3 is 2.41 bits per heavy atom. The molecule has 0 saturated carbocycles. The minimum absolute atomic E-state index is 0.0871. The number of aromatic amines is 1. The van der Waals surface area contributed by atoms with Gasteiger partial charge in [0.2, 0.25) is 0 Å². The largest absolute Gasteiger partial charge is 0.345 e. The van der Waals surface area contributed by atoms with Crippen LogP contribution in [0.25, 0.3) is 11.3 Å².